The number of nitrogens with one attached hydrogen (secondary N) is 2. The van der Waals surface area contributed by atoms with E-state index < -0.39 is 11.9 Å². The minimum Gasteiger partial charge on any atom is -0.497 e. The molecule has 0 radical (unpaired) electrons. The van der Waals surface area contributed by atoms with E-state index in [2.05, 4.69) is 19.9 Å². The van der Waals surface area contributed by atoms with Crippen LogP contribution in [-0.2, 0) is 0 Å². The maximum atomic E-state index is 12.3. The van der Waals surface area contributed by atoms with E-state index in [4.69, 9.17) is 18.9 Å². The van der Waals surface area contributed by atoms with Gasteiger partial charge in [-0.1, -0.05) is 97.1 Å². The lowest BCUT2D eigenvalue weighted by Gasteiger charge is -2.04. The number of imidazole rings is 2. The predicted molar refractivity (Wildman–Crippen MR) is 235 cm³/mol. The van der Waals surface area contributed by atoms with E-state index in [9.17, 15) is 9.59 Å². The van der Waals surface area contributed by atoms with Crippen molar-refractivity contribution in [1.29, 1.82) is 0 Å². The Bertz CT molecular complexity index is 2480. The average Bonchev–Trinajstić information content (AvgIpc) is 4.00. The molecule has 296 valence electrons. The Kier molecular flexibility index (Phi) is 13.2. The first-order valence-electron chi connectivity index (χ1n) is 18.9. The van der Waals surface area contributed by atoms with Crippen LogP contribution in [-0.4, -0.2) is 46.1 Å². The number of nitrogens with zero attached hydrogens (tertiary/aromatic N) is 2. The van der Waals surface area contributed by atoms with Gasteiger partial charge in [0.05, 0.1) is 36.7 Å². The van der Waals surface area contributed by atoms with Crippen molar-refractivity contribution >= 4 is 36.2 Å². The predicted octanol–water partition coefficient (Wildman–Crippen LogP) is 10.9. The summed E-state index contributed by atoms with van der Waals surface area (Å²) in [5.74, 6) is 3.39. The number of carbonyl (C=O) groups is 2. The first-order valence-corrected chi connectivity index (χ1v) is 18.9. The first kappa shape index (κ1) is 40.0. The number of aromatic amines is 2. The third kappa shape index (κ3) is 11.0. The SMILES string of the molecule is COc1ccc(C=Cc2nc(-c3ccc(C(=O)Oc4ccccc4)cc3)c[nH]2)cc1.COc1ccc(C=Cc2nc(-c3ccc(C(=O)Oc4ccccc4)cc3)c[nH]2)cc1. The quantitative estimate of drug-likeness (QED) is 0.0924. The lowest BCUT2D eigenvalue weighted by Crippen LogP contribution is -2.08. The molecule has 2 aromatic heterocycles. The van der Waals surface area contributed by atoms with Crippen LogP contribution >= 0.6 is 0 Å². The highest BCUT2D eigenvalue weighted by Gasteiger charge is 2.11. The summed E-state index contributed by atoms with van der Waals surface area (Å²) >= 11 is 0. The van der Waals surface area contributed by atoms with Gasteiger partial charge in [-0.05, 0) is 96.1 Å². The topological polar surface area (TPSA) is 128 Å². The van der Waals surface area contributed by atoms with E-state index in [1.807, 2.05) is 146 Å². The highest BCUT2D eigenvalue weighted by atomic mass is 16.5. The largest absolute Gasteiger partial charge is 0.497 e. The molecule has 2 heterocycles. The summed E-state index contributed by atoms with van der Waals surface area (Å²) in [6.45, 7) is 0. The van der Waals surface area contributed by atoms with E-state index in [-0.39, 0.29) is 0 Å². The molecule has 0 aliphatic carbocycles. The van der Waals surface area contributed by atoms with Crippen molar-refractivity contribution < 1.29 is 28.5 Å². The van der Waals surface area contributed by atoms with Gasteiger partial charge in [0, 0.05) is 23.5 Å². The normalized spacial score (nSPS) is 10.8. The Labute approximate surface area is 347 Å². The standard InChI is InChI=1S/2C25H20N2O3/c2*1-29-21-14-7-18(8-15-21)9-16-24-26-17-23(27-24)19-10-12-20(13-11-19)25(28)30-22-5-3-2-4-6-22/h2*2-17H,1H3,(H,26,27). The minimum absolute atomic E-state index is 0.391. The van der Waals surface area contributed by atoms with Crippen molar-refractivity contribution in [2.75, 3.05) is 14.2 Å². The number of benzene rings is 6. The smallest absolute Gasteiger partial charge is 0.343 e. The number of H-pyrrole nitrogens is 2. The number of methoxy groups -OCH3 is 2. The molecule has 0 fully saturated rings. The van der Waals surface area contributed by atoms with Gasteiger partial charge < -0.3 is 28.9 Å². The van der Waals surface area contributed by atoms with Gasteiger partial charge in [-0.15, -0.1) is 0 Å². The van der Waals surface area contributed by atoms with Crippen molar-refractivity contribution in [3.05, 3.63) is 204 Å². The molecule has 60 heavy (non-hydrogen) atoms. The fraction of sp³-hybridized carbons (Fsp3) is 0.0400. The molecular formula is C50H40N4O6. The van der Waals surface area contributed by atoms with Crippen molar-refractivity contribution in [3.8, 4) is 45.5 Å². The van der Waals surface area contributed by atoms with Crippen LogP contribution in [0, 0.1) is 0 Å². The van der Waals surface area contributed by atoms with Crippen LogP contribution < -0.4 is 18.9 Å². The number of para-hydroxylation sites is 2. The van der Waals surface area contributed by atoms with E-state index in [1.165, 1.54) is 0 Å². The highest BCUT2D eigenvalue weighted by Crippen LogP contribution is 2.22. The van der Waals surface area contributed by atoms with Crippen LogP contribution in [0.2, 0.25) is 0 Å². The second kappa shape index (κ2) is 19.8. The molecule has 0 saturated heterocycles. The maximum absolute atomic E-state index is 12.3. The molecule has 0 atom stereocenters. The summed E-state index contributed by atoms with van der Waals surface area (Å²) in [6, 6.07) is 48.0. The molecule has 0 spiro atoms. The van der Waals surface area contributed by atoms with Crippen molar-refractivity contribution in [3.63, 3.8) is 0 Å². The number of carbonyl (C=O) groups excluding carboxylic acids is 2. The van der Waals surface area contributed by atoms with Crippen LogP contribution in [0.15, 0.2) is 170 Å². The third-order valence-electron chi connectivity index (χ3n) is 9.03. The molecule has 0 amide bonds. The van der Waals surface area contributed by atoms with Crippen LogP contribution in [0.1, 0.15) is 43.5 Å². The highest BCUT2D eigenvalue weighted by molar-refractivity contribution is 5.92. The Morgan fingerprint density at radius 1 is 0.433 bits per heavy atom. The zero-order valence-electron chi connectivity index (χ0n) is 32.8. The fourth-order valence-electron chi connectivity index (χ4n) is 5.78. The van der Waals surface area contributed by atoms with Gasteiger partial charge in [0.1, 0.15) is 34.6 Å². The minimum atomic E-state index is -0.391. The summed E-state index contributed by atoms with van der Waals surface area (Å²) in [5.41, 5.74) is 6.48. The van der Waals surface area contributed by atoms with Gasteiger partial charge >= 0.3 is 11.9 Å². The number of esters is 2. The molecular weight excluding hydrogens is 753 g/mol. The average molecular weight is 793 g/mol. The Balaban J connectivity index is 0.000000181. The van der Waals surface area contributed by atoms with Crippen molar-refractivity contribution in [2.45, 2.75) is 0 Å². The summed E-state index contributed by atoms with van der Waals surface area (Å²) in [6.07, 6.45) is 11.5. The van der Waals surface area contributed by atoms with Crippen LogP contribution in [0.5, 0.6) is 23.0 Å². The summed E-state index contributed by atoms with van der Waals surface area (Å²) in [4.78, 5) is 40.0. The lowest BCUT2D eigenvalue weighted by molar-refractivity contribution is 0.0725. The zero-order chi connectivity index (χ0) is 41.5. The molecule has 6 aromatic carbocycles. The lowest BCUT2D eigenvalue weighted by atomic mass is 10.1. The second-order valence-corrected chi connectivity index (χ2v) is 13.1. The molecule has 0 saturated carbocycles. The molecule has 8 aromatic rings. The van der Waals surface area contributed by atoms with E-state index in [1.54, 1.807) is 62.8 Å². The molecule has 0 aliphatic heterocycles. The maximum Gasteiger partial charge on any atom is 0.343 e. The van der Waals surface area contributed by atoms with E-state index in [0.29, 0.717) is 22.6 Å². The molecule has 10 heteroatoms. The fourth-order valence-corrected chi connectivity index (χ4v) is 5.78. The molecule has 2 N–H and O–H groups in total. The van der Waals surface area contributed by atoms with E-state index >= 15 is 0 Å². The van der Waals surface area contributed by atoms with Crippen molar-refractivity contribution in [2.24, 2.45) is 0 Å². The molecule has 0 aliphatic rings. The van der Waals surface area contributed by atoms with Crippen LogP contribution in [0.25, 0.3) is 46.8 Å². The van der Waals surface area contributed by atoms with Gasteiger partial charge in [-0.25, -0.2) is 19.6 Å². The first-order chi connectivity index (χ1) is 29.4. The Morgan fingerprint density at radius 3 is 1.15 bits per heavy atom. The number of ether oxygens (including phenoxy) is 4. The number of aromatic nitrogens is 4. The van der Waals surface area contributed by atoms with Crippen LogP contribution in [0.3, 0.4) is 0 Å². The monoisotopic (exact) mass is 792 g/mol. The molecule has 8 rings (SSSR count). The summed E-state index contributed by atoms with van der Waals surface area (Å²) in [7, 11) is 3.29. The Hall–Kier alpha value is -8.24. The van der Waals surface area contributed by atoms with Gasteiger partial charge in [0.2, 0.25) is 0 Å². The number of hydrogen-bond acceptors (Lipinski definition) is 8. The zero-order valence-corrected chi connectivity index (χ0v) is 32.8. The molecule has 0 unspecified atom stereocenters. The van der Waals surface area contributed by atoms with Gasteiger partial charge in [-0.2, -0.15) is 0 Å². The van der Waals surface area contributed by atoms with Gasteiger partial charge in [0.25, 0.3) is 0 Å². The van der Waals surface area contributed by atoms with Gasteiger partial charge in [-0.3, -0.25) is 0 Å². The van der Waals surface area contributed by atoms with E-state index in [0.717, 1.165) is 56.8 Å². The third-order valence-corrected chi connectivity index (χ3v) is 9.03. The van der Waals surface area contributed by atoms with Crippen molar-refractivity contribution in [1.82, 2.24) is 19.9 Å². The number of rotatable bonds is 12. The van der Waals surface area contributed by atoms with Gasteiger partial charge in [0.15, 0.2) is 0 Å². The summed E-state index contributed by atoms with van der Waals surface area (Å²) < 4.78 is 21.1. The van der Waals surface area contributed by atoms with Crippen LogP contribution in [0.4, 0.5) is 0 Å². The summed E-state index contributed by atoms with van der Waals surface area (Å²) in [5, 5.41) is 0. The number of hydrogen-bond donors (Lipinski definition) is 2. The molecule has 0 bridgehead atoms. The Morgan fingerprint density at radius 2 is 0.800 bits per heavy atom. The molecule has 10 nitrogen and oxygen atoms in total. The second-order valence-electron chi connectivity index (χ2n) is 13.1.